The molecule has 0 aliphatic carbocycles. The average molecular weight is 207 g/mol. The molecule has 0 spiro atoms. The van der Waals surface area contributed by atoms with E-state index in [1.165, 1.54) is 6.08 Å². The van der Waals surface area contributed by atoms with Gasteiger partial charge in [0.25, 0.3) is 0 Å². The Bertz CT molecular complexity index is 233. The minimum absolute atomic E-state index is 0.304. The molecule has 14 heavy (non-hydrogen) atoms. The Balaban J connectivity index is 2.46. The summed E-state index contributed by atoms with van der Waals surface area (Å²) in [4.78, 5) is 10.1. The first-order chi connectivity index (χ1) is 6.61. The molecule has 0 aromatic heterocycles. The lowest BCUT2D eigenvalue weighted by atomic mass is 10.0. The Kier molecular flexibility index (Phi) is 3.82. The van der Waals surface area contributed by atoms with Crippen LogP contribution in [0.25, 0.3) is 0 Å². The molecule has 0 fully saturated rings. The first-order valence-electron chi connectivity index (χ1n) is 4.14. The molecule has 1 aliphatic heterocycles. The topological polar surface area (TPSA) is 58.6 Å². The lowest BCUT2D eigenvalue weighted by molar-refractivity contribution is -0.00877. The van der Waals surface area contributed by atoms with E-state index >= 15 is 0 Å². The van der Waals surface area contributed by atoms with Crippen LogP contribution in [0.4, 0.5) is 13.6 Å². The smallest absolute Gasteiger partial charge is 0.404 e. The van der Waals surface area contributed by atoms with Crippen molar-refractivity contribution in [1.29, 1.82) is 0 Å². The maximum Gasteiger partial charge on any atom is 0.404 e. The standard InChI is InChI=1S/C8H11F2NO3/c9-7(10)5(4-11-8(12)13)6-2-1-3-14-6/h1-2,5-7,11H,3-4H2,(H,12,13)/t5-,6-/m0/s1. The number of carbonyl (C=O) groups is 1. The molecule has 0 unspecified atom stereocenters. The third kappa shape index (κ3) is 2.95. The first-order valence-corrected chi connectivity index (χ1v) is 4.14. The van der Waals surface area contributed by atoms with Crippen molar-refractivity contribution in [3.63, 3.8) is 0 Å². The zero-order valence-corrected chi connectivity index (χ0v) is 7.32. The summed E-state index contributed by atoms with van der Waals surface area (Å²) in [6, 6.07) is 0. The van der Waals surface area contributed by atoms with Crippen molar-refractivity contribution in [2.24, 2.45) is 5.92 Å². The number of nitrogens with one attached hydrogen (secondary N) is 1. The van der Waals surface area contributed by atoms with Gasteiger partial charge in [-0.25, -0.2) is 13.6 Å². The van der Waals surface area contributed by atoms with E-state index in [4.69, 9.17) is 9.84 Å². The molecule has 1 aliphatic rings. The van der Waals surface area contributed by atoms with Gasteiger partial charge in [-0.05, 0) is 0 Å². The SMILES string of the molecule is O=C(O)NC[C@H](C(F)F)[C@@H]1C=CCO1. The summed E-state index contributed by atoms with van der Waals surface area (Å²) in [5.41, 5.74) is 0. The van der Waals surface area contributed by atoms with Crippen molar-refractivity contribution in [3.05, 3.63) is 12.2 Å². The zero-order valence-electron chi connectivity index (χ0n) is 7.32. The summed E-state index contributed by atoms with van der Waals surface area (Å²) < 4.78 is 29.9. The van der Waals surface area contributed by atoms with E-state index in [1.54, 1.807) is 6.08 Å². The fourth-order valence-corrected chi connectivity index (χ4v) is 1.23. The highest BCUT2D eigenvalue weighted by atomic mass is 19.3. The number of carboxylic acid groups (broad SMARTS) is 1. The second kappa shape index (κ2) is 4.90. The molecule has 0 saturated carbocycles. The third-order valence-electron chi connectivity index (χ3n) is 1.95. The molecule has 0 bridgehead atoms. The van der Waals surface area contributed by atoms with Crippen LogP contribution in [0.2, 0.25) is 0 Å². The van der Waals surface area contributed by atoms with Crippen molar-refractivity contribution >= 4 is 6.09 Å². The maximum atomic E-state index is 12.5. The average Bonchev–Trinajstić information content (AvgIpc) is 2.56. The van der Waals surface area contributed by atoms with E-state index < -0.39 is 24.5 Å². The Morgan fingerprint density at radius 3 is 2.86 bits per heavy atom. The van der Waals surface area contributed by atoms with Gasteiger partial charge in [-0.2, -0.15) is 0 Å². The number of alkyl halides is 2. The highest BCUT2D eigenvalue weighted by molar-refractivity contribution is 5.64. The summed E-state index contributed by atoms with van der Waals surface area (Å²) >= 11 is 0. The largest absolute Gasteiger partial charge is 0.465 e. The molecule has 1 heterocycles. The fourth-order valence-electron chi connectivity index (χ4n) is 1.23. The maximum absolute atomic E-state index is 12.5. The number of ether oxygens (including phenoxy) is 1. The van der Waals surface area contributed by atoms with E-state index in [1.807, 2.05) is 5.32 Å². The number of rotatable bonds is 4. The highest BCUT2D eigenvalue weighted by Crippen LogP contribution is 2.20. The van der Waals surface area contributed by atoms with E-state index in [9.17, 15) is 13.6 Å². The van der Waals surface area contributed by atoms with Crippen molar-refractivity contribution < 1.29 is 23.4 Å². The van der Waals surface area contributed by atoms with Gasteiger partial charge in [-0.3, -0.25) is 0 Å². The molecule has 1 amide bonds. The van der Waals surface area contributed by atoms with Crippen LogP contribution in [0.5, 0.6) is 0 Å². The fraction of sp³-hybridized carbons (Fsp3) is 0.625. The monoisotopic (exact) mass is 207 g/mol. The quantitative estimate of drug-likeness (QED) is 0.678. The van der Waals surface area contributed by atoms with Gasteiger partial charge in [0.05, 0.1) is 18.6 Å². The van der Waals surface area contributed by atoms with Gasteiger partial charge in [0, 0.05) is 6.54 Å². The molecule has 80 valence electrons. The summed E-state index contributed by atoms with van der Waals surface area (Å²) in [6.07, 6.45) is -1.43. The Morgan fingerprint density at radius 1 is 1.71 bits per heavy atom. The van der Waals surface area contributed by atoms with Gasteiger partial charge in [-0.1, -0.05) is 12.2 Å². The van der Waals surface area contributed by atoms with Gasteiger partial charge in [-0.15, -0.1) is 0 Å². The van der Waals surface area contributed by atoms with Crippen LogP contribution < -0.4 is 5.32 Å². The van der Waals surface area contributed by atoms with Gasteiger partial charge >= 0.3 is 6.09 Å². The molecule has 4 nitrogen and oxygen atoms in total. The number of amides is 1. The van der Waals surface area contributed by atoms with Crippen molar-refractivity contribution in [2.75, 3.05) is 13.2 Å². The van der Waals surface area contributed by atoms with Crippen LogP contribution in [0, 0.1) is 5.92 Å². The van der Waals surface area contributed by atoms with Crippen LogP contribution in [0.3, 0.4) is 0 Å². The molecular formula is C8H11F2NO3. The Hall–Kier alpha value is -1.17. The number of hydrogen-bond acceptors (Lipinski definition) is 2. The molecule has 0 aromatic carbocycles. The van der Waals surface area contributed by atoms with E-state index in [0.717, 1.165) is 0 Å². The van der Waals surface area contributed by atoms with Crippen LogP contribution in [-0.4, -0.2) is 36.9 Å². The van der Waals surface area contributed by atoms with Gasteiger partial charge < -0.3 is 15.2 Å². The minimum Gasteiger partial charge on any atom is -0.465 e. The second-order valence-corrected chi connectivity index (χ2v) is 2.91. The van der Waals surface area contributed by atoms with E-state index in [2.05, 4.69) is 0 Å². The first kappa shape index (κ1) is 10.9. The number of halogens is 2. The molecular weight excluding hydrogens is 196 g/mol. The van der Waals surface area contributed by atoms with Crippen LogP contribution in [-0.2, 0) is 4.74 Å². The van der Waals surface area contributed by atoms with Gasteiger partial charge in [0.1, 0.15) is 0 Å². The van der Waals surface area contributed by atoms with E-state index in [-0.39, 0.29) is 6.54 Å². The van der Waals surface area contributed by atoms with Gasteiger partial charge in [0.15, 0.2) is 0 Å². The Labute approximate surface area is 79.5 Å². The van der Waals surface area contributed by atoms with Crippen LogP contribution >= 0.6 is 0 Å². The van der Waals surface area contributed by atoms with Crippen LogP contribution in [0.1, 0.15) is 0 Å². The summed E-state index contributed by atoms with van der Waals surface area (Å²) in [7, 11) is 0. The number of hydrogen-bond donors (Lipinski definition) is 2. The molecule has 2 atom stereocenters. The normalized spacial score (nSPS) is 22.6. The molecule has 2 N–H and O–H groups in total. The molecule has 0 radical (unpaired) electrons. The predicted octanol–water partition coefficient (Wildman–Crippen LogP) is 1.09. The molecule has 0 aromatic rings. The molecule has 0 saturated heterocycles. The van der Waals surface area contributed by atoms with Crippen LogP contribution in [0.15, 0.2) is 12.2 Å². The Morgan fingerprint density at radius 2 is 2.43 bits per heavy atom. The van der Waals surface area contributed by atoms with Crippen molar-refractivity contribution in [1.82, 2.24) is 5.32 Å². The predicted molar refractivity (Wildman–Crippen MR) is 44.4 cm³/mol. The summed E-state index contributed by atoms with van der Waals surface area (Å²) in [6.45, 7) is 0.00294. The van der Waals surface area contributed by atoms with Gasteiger partial charge in [0.2, 0.25) is 6.43 Å². The molecule has 6 heteroatoms. The second-order valence-electron chi connectivity index (χ2n) is 2.91. The minimum atomic E-state index is -2.60. The highest BCUT2D eigenvalue weighted by Gasteiger charge is 2.30. The lowest BCUT2D eigenvalue weighted by Crippen LogP contribution is -2.37. The molecule has 1 rings (SSSR count). The third-order valence-corrected chi connectivity index (χ3v) is 1.95. The van der Waals surface area contributed by atoms with Crippen molar-refractivity contribution in [2.45, 2.75) is 12.5 Å². The lowest BCUT2D eigenvalue weighted by Gasteiger charge is -2.20. The summed E-state index contributed by atoms with van der Waals surface area (Å²) in [5.74, 6) is -1.12. The van der Waals surface area contributed by atoms with Crippen molar-refractivity contribution in [3.8, 4) is 0 Å². The van der Waals surface area contributed by atoms with E-state index in [0.29, 0.717) is 6.61 Å². The zero-order chi connectivity index (χ0) is 10.6. The summed E-state index contributed by atoms with van der Waals surface area (Å²) in [5, 5.41) is 10.2.